The Balaban J connectivity index is 2.72. The molecule has 0 radical (unpaired) electrons. The maximum Gasteiger partial charge on any atom is 0.242 e. The zero-order chi connectivity index (χ0) is 15.0. The molecule has 0 fully saturated rings. The highest BCUT2D eigenvalue weighted by atomic mass is 16.2. The molecule has 0 aliphatic heterocycles. The fraction of sp³-hybridized carbons (Fsp3) is 0.500. The van der Waals surface area contributed by atoms with Gasteiger partial charge in [0.05, 0.1) is 0 Å². The smallest absolute Gasteiger partial charge is 0.242 e. The SMILES string of the molecule is CCCC(=O)N(CCc1ccccc1)[C@@H](C)C(=O)NC. The molecule has 0 unspecified atom stereocenters. The third kappa shape index (κ3) is 4.68. The zero-order valence-corrected chi connectivity index (χ0v) is 12.6. The van der Waals surface area contributed by atoms with Crippen molar-refractivity contribution in [3.8, 4) is 0 Å². The number of rotatable bonds is 7. The highest BCUT2D eigenvalue weighted by Gasteiger charge is 2.24. The molecular formula is C16H24N2O2. The van der Waals surface area contributed by atoms with E-state index in [9.17, 15) is 9.59 Å². The van der Waals surface area contributed by atoms with Gasteiger partial charge in [-0.3, -0.25) is 9.59 Å². The van der Waals surface area contributed by atoms with Crippen LogP contribution in [0.4, 0.5) is 0 Å². The van der Waals surface area contributed by atoms with E-state index >= 15 is 0 Å². The van der Waals surface area contributed by atoms with E-state index in [1.807, 2.05) is 37.3 Å². The van der Waals surface area contributed by atoms with E-state index in [4.69, 9.17) is 0 Å². The first kappa shape index (κ1) is 16.2. The summed E-state index contributed by atoms with van der Waals surface area (Å²) >= 11 is 0. The van der Waals surface area contributed by atoms with Crippen molar-refractivity contribution >= 4 is 11.8 Å². The zero-order valence-electron chi connectivity index (χ0n) is 12.6. The number of benzene rings is 1. The number of amides is 2. The average molecular weight is 276 g/mol. The predicted octanol–water partition coefficient (Wildman–Crippen LogP) is 1.99. The van der Waals surface area contributed by atoms with Crippen LogP contribution in [0.3, 0.4) is 0 Å². The molecule has 0 aromatic heterocycles. The molecule has 4 nitrogen and oxygen atoms in total. The maximum absolute atomic E-state index is 12.2. The van der Waals surface area contributed by atoms with Crippen molar-refractivity contribution in [1.29, 1.82) is 0 Å². The molecule has 0 aliphatic rings. The van der Waals surface area contributed by atoms with Crippen molar-refractivity contribution in [1.82, 2.24) is 10.2 Å². The Hall–Kier alpha value is -1.84. The molecule has 0 aliphatic carbocycles. The molecule has 0 spiro atoms. The molecule has 1 atom stereocenters. The Bertz CT molecular complexity index is 431. The molecule has 0 saturated heterocycles. The lowest BCUT2D eigenvalue weighted by atomic mass is 10.1. The second-order valence-electron chi connectivity index (χ2n) is 4.86. The van der Waals surface area contributed by atoms with Crippen molar-refractivity contribution in [3.63, 3.8) is 0 Å². The summed E-state index contributed by atoms with van der Waals surface area (Å²) in [5.74, 6) is -0.0814. The number of hydrogen-bond acceptors (Lipinski definition) is 2. The van der Waals surface area contributed by atoms with E-state index in [0.717, 1.165) is 12.8 Å². The molecule has 1 rings (SSSR count). The van der Waals surface area contributed by atoms with Crippen molar-refractivity contribution in [2.24, 2.45) is 0 Å². The van der Waals surface area contributed by atoms with Crippen LogP contribution in [0.1, 0.15) is 32.3 Å². The number of hydrogen-bond donors (Lipinski definition) is 1. The summed E-state index contributed by atoms with van der Waals surface area (Å²) in [4.78, 5) is 25.6. The first-order valence-electron chi connectivity index (χ1n) is 7.15. The monoisotopic (exact) mass is 276 g/mol. The molecule has 0 bridgehead atoms. The van der Waals surface area contributed by atoms with E-state index in [1.54, 1.807) is 18.9 Å². The first-order chi connectivity index (χ1) is 9.60. The van der Waals surface area contributed by atoms with Gasteiger partial charge in [0.1, 0.15) is 6.04 Å². The molecule has 2 amide bonds. The number of carbonyl (C=O) groups excluding carboxylic acids is 2. The minimum atomic E-state index is -0.428. The summed E-state index contributed by atoms with van der Waals surface area (Å²) in [5, 5.41) is 2.61. The van der Waals surface area contributed by atoms with Crippen LogP contribution < -0.4 is 5.32 Å². The van der Waals surface area contributed by atoms with Crippen LogP contribution in [-0.2, 0) is 16.0 Å². The second-order valence-corrected chi connectivity index (χ2v) is 4.86. The highest BCUT2D eigenvalue weighted by molar-refractivity contribution is 5.87. The third-order valence-corrected chi connectivity index (χ3v) is 3.36. The van der Waals surface area contributed by atoms with E-state index in [-0.39, 0.29) is 11.8 Å². The summed E-state index contributed by atoms with van der Waals surface area (Å²) in [5.41, 5.74) is 1.17. The fourth-order valence-corrected chi connectivity index (χ4v) is 2.14. The van der Waals surface area contributed by atoms with Gasteiger partial charge in [-0.1, -0.05) is 37.3 Å². The third-order valence-electron chi connectivity index (χ3n) is 3.36. The maximum atomic E-state index is 12.2. The van der Waals surface area contributed by atoms with Gasteiger partial charge in [0.15, 0.2) is 0 Å². The van der Waals surface area contributed by atoms with Gasteiger partial charge in [-0.25, -0.2) is 0 Å². The molecule has 1 N–H and O–H groups in total. The Morgan fingerprint density at radius 3 is 2.45 bits per heavy atom. The van der Waals surface area contributed by atoms with Crippen LogP contribution in [0.2, 0.25) is 0 Å². The van der Waals surface area contributed by atoms with Crippen molar-refractivity contribution in [2.45, 2.75) is 39.2 Å². The van der Waals surface area contributed by atoms with Gasteiger partial charge in [0, 0.05) is 20.0 Å². The van der Waals surface area contributed by atoms with Crippen molar-refractivity contribution in [3.05, 3.63) is 35.9 Å². The van der Waals surface area contributed by atoms with Crippen LogP contribution in [0.15, 0.2) is 30.3 Å². The van der Waals surface area contributed by atoms with Gasteiger partial charge in [-0.2, -0.15) is 0 Å². The molecule has 1 aromatic carbocycles. The first-order valence-corrected chi connectivity index (χ1v) is 7.15. The lowest BCUT2D eigenvalue weighted by molar-refractivity contribution is -0.139. The molecule has 4 heteroatoms. The van der Waals surface area contributed by atoms with E-state index in [1.165, 1.54) is 5.56 Å². The number of likely N-dealkylation sites (N-methyl/N-ethyl adjacent to an activating group) is 1. The molecular weight excluding hydrogens is 252 g/mol. The largest absolute Gasteiger partial charge is 0.357 e. The number of carbonyl (C=O) groups is 2. The van der Waals surface area contributed by atoms with Crippen LogP contribution in [0.5, 0.6) is 0 Å². The highest BCUT2D eigenvalue weighted by Crippen LogP contribution is 2.08. The molecule has 20 heavy (non-hydrogen) atoms. The van der Waals surface area contributed by atoms with E-state index in [0.29, 0.717) is 13.0 Å². The van der Waals surface area contributed by atoms with Gasteiger partial charge >= 0.3 is 0 Å². The quantitative estimate of drug-likeness (QED) is 0.828. The number of nitrogens with zero attached hydrogens (tertiary/aromatic N) is 1. The van der Waals surface area contributed by atoms with Crippen molar-refractivity contribution in [2.75, 3.05) is 13.6 Å². The second kappa shape index (κ2) is 8.35. The predicted molar refractivity (Wildman–Crippen MR) is 80.3 cm³/mol. The van der Waals surface area contributed by atoms with Gasteiger partial charge in [-0.15, -0.1) is 0 Å². The van der Waals surface area contributed by atoms with Crippen LogP contribution >= 0.6 is 0 Å². The minimum absolute atomic E-state index is 0.0412. The van der Waals surface area contributed by atoms with Crippen LogP contribution in [0, 0.1) is 0 Å². The van der Waals surface area contributed by atoms with Gasteiger partial charge in [0.2, 0.25) is 11.8 Å². The Morgan fingerprint density at radius 2 is 1.90 bits per heavy atom. The molecule has 110 valence electrons. The summed E-state index contributed by atoms with van der Waals surface area (Å²) in [6, 6.07) is 9.57. The Kier molecular flexibility index (Phi) is 6.77. The normalized spacial score (nSPS) is 11.8. The lowest BCUT2D eigenvalue weighted by Gasteiger charge is -2.28. The van der Waals surface area contributed by atoms with Crippen LogP contribution in [-0.4, -0.2) is 36.3 Å². The fourth-order valence-electron chi connectivity index (χ4n) is 2.14. The Morgan fingerprint density at radius 1 is 1.25 bits per heavy atom. The summed E-state index contributed by atoms with van der Waals surface area (Å²) in [6.07, 6.45) is 2.04. The molecule has 0 heterocycles. The lowest BCUT2D eigenvalue weighted by Crippen LogP contribution is -2.47. The topological polar surface area (TPSA) is 49.4 Å². The summed E-state index contributed by atoms with van der Waals surface area (Å²) in [7, 11) is 1.60. The van der Waals surface area contributed by atoms with Gasteiger partial charge < -0.3 is 10.2 Å². The standard InChI is InChI=1S/C16H24N2O2/c1-4-8-15(19)18(13(2)16(20)17-3)12-11-14-9-6-5-7-10-14/h5-7,9-10,13H,4,8,11-12H2,1-3H3,(H,17,20)/t13-/m0/s1. The average Bonchev–Trinajstić information content (AvgIpc) is 2.47. The van der Waals surface area contributed by atoms with E-state index in [2.05, 4.69) is 5.32 Å². The van der Waals surface area contributed by atoms with Crippen molar-refractivity contribution < 1.29 is 9.59 Å². The summed E-state index contributed by atoms with van der Waals surface area (Å²) < 4.78 is 0. The van der Waals surface area contributed by atoms with Gasteiger partial charge in [-0.05, 0) is 25.3 Å². The summed E-state index contributed by atoms with van der Waals surface area (Å²) in [6.45, 7) is 4.31. The van der Waals surface area contributed by atoms with Crippen LogP contribution in [0.25, 0.3) is 0 Å². The number of nitrogens with one attached hydrogen (secondary N) is 1. The Labute approximate surface area is 121 Å². The van der Waals surface area contributed by atoms with E-state index < -0.39 is 6.04 Å². The molecule has 1 aromatic rings. The molecule has 0 saturated carbocycles. The minimum Gasteiger partial charge on any atom is -0.357 e. The van der Waals surface area contributed by atoms with Gasteiger partial charge in [0.25, 0.3) is 0 Å².